The first-order valence-corrected chi connectivity index (χ1v) is 9.32. The van der Waals surface area contributed by atoms with Crippen molar-refractivity contribution in [3.05, 3.63) is 59.2 Å². The maximum Gasteiger partial charge on any atom is 0.573 e. The number of alkyl halides is 3. The molecule has 0 fully saturated rings. The number of halogens is 5. The first kappa shape index (κ1) is 23.4. The number of hydrogen-bond acceptors (Lipinski definition) is 3. The maximum absolute atomic E-state index is 14.3. The molecule has 0 aromatic heterocycles. The molecule has 0 saturated carbocycles. The summed E-state index contributed by atoms with van der Waals surface area (Å²) >= 11 is 0. The largest absolute Gasteiger partial charge is 0.573 e. The molecule has 4 nitrogen and oxygen atoms in total. The zero-order chi connectivity index (χ0) is 22.3. The number of nitrogens with two attached hydrogens (primary N) is 1. The van der Waals surface area contributed by atoms with Gasteiger partial charge in [-0.05, 0) is 61.1 Å². The Labute approximate surface area is 170 Å². The average Bonchev–Trinajstić information content (AvgIpc) is 2.64. The Kier molecular flexibility index (Phi) is 8.02. The first-order valence-electron chi connectivity index (χ1n) is 9.32. The third kappa shape index (κ3) is 7.20. The molecule has 0 bridgehead atoms. The molecule has 1 amide bonds. The highest BCUT2D eigenvalue weighted by Crippen LogP contribution is 2.25. The number of primary amides is 1. The highest BCUT2D eigenvalue weighted by atomic mass is 19.4. The van der Waals surface area contributed by atoms with Crippen molar-refractivity contribution in [2.24, 2.45) is 11.7 Å². The van der Waals surface area contributed by atoms with Gasteiger partial charge in [0, 0.05) is 0 Å². The lowest BCUT2D eigenvalue weighted by Gasteiger charge is -2.14. The van der Waals surface area contributed by atoms with Crippen molar-refractivity contribution in [2.75, 3.05) is 6.61 Å². The fourth-order valence-electron chi connectivity index (χ4n) is 2.98. The maximum atomic E-state index is 14.3. The molecule has 0 aliphatic carbocycles. The third-order valence-corrected chi connectivity index (χ3v) is 4.40. The summed E-state index contributed by atoms with van der Waals surface area (Å²) in [4.78, 5) is 11.2. The molecule has 2 aromatic rings. The SMILES string of the molecule is CC(CCCCOc1ccc(OC(F)(F)F)cc1)Cc1ccc(F)c(C(N)=O)c1F. The van der Waals surface area contributed by atoms with E-state index in [1.807, 2.05) is 6.92 Å². The third-order valence-electron chi connectivity index (χ3n) is 4.40. The van der Waals surface area contributed by atoms with E-state index in [0.717, 1.165) is 18.9 Å². The molecule has 2 rings (SSSR count). The van der Waals surface area contributed by atoms with Crippen molar-refractivity contribution in [2.45, 2.75) is 39.0 Å². The molecule has 164 valence electrons. The molecule has 1 atom stereocenters. The van der Waals surface area contributed by atoms with E-state index in [0.29, 0.717) is 25.2 Å². The van der Waals surface area contributed by atoms with Gasteiger partial charge in [0.15, 0.2) is 0 Å². The van der Waals surface area contributed by atoms with Crippen LogP contribution in [0.5, 0.6) is 11.5 Å². The molecule has 2 N–H and O–H groups in total. The van der Waals surface area contributed by atoms with Gasteiger partial charge in [0.25, 0.3) is 5.91 Å². The van der Waals surface area contributed by atoms with Crippen LogP contribution in [0.1, 0.15) is 42.1 Å². The predicted molar refractivity (Wildman–Crippen MR) is 100 cm³/mol. The van der Waals surface area contributed by atoms with E-state index in [1.165, 1.54) is 30.3 Å². The topological polar surface area (TPSA) is 61.6 Å². The second-order valence-electron chi connectivity index (χ2n) is 6.93. The van der Waals surface area contributed by atoms with Gasteiger partial charge in [0.1, 0.15) is 28.7 Å². The summed E-state index contributed by atoms with van der Waals surface area (Å²) in [6.45, 7) is 2.27. The fourth-order valence-corrected chi connectivity index (χ4v) is 2.98. The van der Waals surface area contributed by atoms with E-state index in [9.17, 15) is 26.7 Å². The van der Waals surface area contributed by atoms with E-state index in [1.54, 1.807) is 0 Å². The molecule has 0 heterocycles. The lowest BCUT2D eigenvalue weighted by Crippen LogP contribution is -2.17. The van der Waals surface area contributed by atoms with Gasteiger partial charge < -0.3 is 15.2 Å². The van der Waals surface area contributed by atoms with Crippen molar-refractivity contribution >= 4 is 5.91 Å². The zero-order valence-electron chi connectivity index (χ0n) is 16.3. The van der Waals surface area contributed by atoms with Crippen LogP contribution in [-0.4, -0.2) is 18.9 Å². The smallest absolute Gasteiger partial charge is 0.494 e. The molecule has 9 heteroatoms. The molecule has 2 aromatic carbocycles. The van der Waals surface area contributed by atoms with Crippen molar-refractivity contribution in [1.82, 2.24) is 0 Å². The van der Waals surface area contributed by atoms with Crippen LogP contribution in [0.4, 0.5) is 22.0 Å². The lowest BCUT2D eigenvalue weighted by atomic mass is 9.94. The molecule has 0 aliphatic rings. The Hall–Kier alpha value is -2.84. The van der Waals surface area contributed by atoms with Crippen molar-refractivity contribution in [1.29, 1.82) is 0 Å². The highest BCUT2D eigenvalue weighted by Gasteiger charge is 2.31. The van der Waals surface area contributed by atoms with Crippen LogP contribution in [-0.2, 0) is 6.42 Å². The van der Waals surface area contributed by atoms with Crippen LogP contribution in [0.2, 0.25) is 0 Å². The molecule has 30 heavy (non-hydrogen) atoms. The Morgan fingerprint density at radius 3 is 2.27 bits per heavy atom. The van der Waals surface area contributed by atoms with Gasteiger partial charge in [-0.3, -0.25) is 4.79 Å². The van der Waals surface area contributed by atoms with Gasteiger partial charge in [-0.2, -0.15) is 0 Å². The Morgan fingerprint density at radius 2 is 1.67 bits per heavy atom. The minimum absolute atomic E-state index is 0.0736. The molecular weight excluding hydrogens is 409 g/mol. The quantitative estimate of drug-likeness (QED) is 0.405. The van der Waals surface area contributed by atoms with E-state index < -0.39 is 29.5 Å². The van der Waals surface area contributed by atoms with Gasteiger partial charge >= 0.3 is 6.36 Å². The summed E-state index contributed by atoms with van der Waals surface area (Å²) in [5, 5.41) is 0. The summed E-state index contributed by atoms with van der Waals surface area (Å²) in [5.41, 5.74) is 4.53. The van der Waals surface area contributed by atoms with Gasteiger partial charge in [-0.25, -0.2) is 8.78 Å². The van der Waals surface area contributed by atoms with Crippen LogP contribution >= 0.6 is 0 Å². The van der Waals surface area contributed by atoms with E-state index in [-0.39, 0.29) is 17.2 Å². The number of ether oxygens (including phenoxy) is 2. The van der Waals surface area contributed by atoms with Crippen LogP contribution in [0, 0.1) is 17.6 Å². The number of carbonyl (C=O) groups excluding carboxylic acids is 1. The number of benzene rings is 2. The van der Waals surface area contributed by atoms with Crippen molar-refractivity contribution < 1.29 is 36.2 Å². The Bertz CT molecular complexity index is 853. The lowest BCUT2D eigenvalue weighted by molar-refractivity contribution is -0.274. The van der Waals surface area contributed by atoms with Crippen LogP contribution in [0.15, 0.2) is 36.4 Å². The van der Waals surface area contributed by atoms with E-state index >= 15 is 0 Å². The fraction of sp³-hybridized carbons (Fsp3) is 0.381. The minimum Gasteiger partial charge on any atom is -0.494 e. The molecular formula is C21H22F5NO3. The molecule has 1 unspecified atom stereocenters. The summed E-state index contributed by atoms with van der Waals surface area (Å²) in [6.07, 6.45) is -2.22. The number of hydrogen-bond donors (Lipinski definition) is 1. The zero-order valence-corrected chi connectivity index (χ0v) is 16.3. The normalized spacial score (nSPS) is 12.5. The Balaban J connectivity index is 1.73. The summed E-state index contributed by atoms with van der Waals surface area (Å²) in [5.74, 6) is -2.87. The summed E-state index contributed by atoms with van der Waals surface area (Å²) in [6, 6.07) is 7.45. The Morgan fingerprint density at radius 1 is 1.03 bits per heavy atom. The van der Waals surface area contributed by atoms with E-state index in [4.69, 9.17) is 10.5 Å². The number of rotatable bonds is 10. The first-order chi connectivity index (χ1) is 14.1. The highest BCUT2D eigenvalue weighted by molar-refractivity contribution is 5.93. The van der Waals surface area contributed by atoms with Gasteiger partial charge in [0.2, 0.25) is 0 Å². The molecule has 0 radical (unpaired) electrons. The molecule has 0 spiro atoms. The summed E-state index contributed by atoms with van der Waals surface area (Å²) in [7, 11) is 0. The number of carbonyl (C=O) groups is 1. The van der Waals surface area contributed by atoms with Gasteiger partial charge in [-0.15, -0.1) is 13.2 Å². The molecule has 0 aliphatic heterocycles. The van der Waals surface area contributed by atoms with Gasteiger partial charge in [0.05, 0.1) is 6.61 Å². The number of unbranched alkanes of at least 4 members (excludes halogenated alkanes) is 1. The van der Waals surface area contributed by atoms with Crippen molar-refractivity contribution in [3.8, 4) is 11.5 Å². The van der Waals surface area contributed by atoms with Crippen LogP contribution in [0.25, 0.3) is 0 Å². The van der Waals surface area contributed by atoms with Crippen LogP contribution < -0.4 is 15.2 Å². The minimum atomic E-state index is -4.74. The van der Waals surface area contributed by atoms with Crippen LogP contribution in [0.3, 0.4) is 0 Å². The average molecular weight is 431 g/mol. The monoisotopic (exact) mass is 431 g/mol. The van der Waals surface area contributed by atoms with Gasteiger partial charge in [-0.1, -0.05) is 19.4 Å². The standard InChI is InChI=1S/C21H22F5NO3/c1-13(12-14-5-10-17(22)18(19(14)23)20(27)28)4-2-3-11-29-15-6-8-16(9-7-15)30-21(24,25)26/h5-10,13H,2-4,11-12H2,1H3,(H2,27,28). The second kappa shape index (κ2) is 10.3. The predicted octanol–water partition coefficient (Wildman–Crippen LogP) is 5.39. The summed E-state index contributed by atoms with van der Waals surface area (Å²) < 4.78 is 73.4. The van der Waals surface area contributed by atoms with E-state index in [2.05, 4.69) is 4.74 Å². The molecule has 0 saturated heterocycles. The van der Waals surface area contributed by atoms with Crippen molar-refractivity contribution in [3.63, 3.8) is 0 Å². The number of amides is 1. The second-order valence-corrected chi connectivity index (χ2v) is 6.93.